The van der Waals surface area contributed by atoms with Crippen LogP contribution in [-0.4, -0.2) is 30.4 Å². The lowest BCUT2D eigenvalue weighted by molar-refractivity contribution is 0.360. The third-order valence-corrected chi connectivity index (χ3v) is 1.87. The first-order chi connectivity index (χ1) is 5.17. The van der Waals surface area contributed by atoms with E-state index in [1.807, 2.05) is 7.05 Å². The molecule has 0 aliphatic heterocycles. The molecule has 0 aliphatic rings. The molecule has 0 bridgehead atoms. The fraction of sp³-hybridized carbons (Fsp3) is 0.889. The standard InChI is InChI=1S/C9H20N2/c1-6-9(10-5)11(7-2)8(3)4/h8H,6-7H2,1-5H3/b10-9-. The summed E-state index contributed by atoms with van der Waals surface area (Å²) in [5.41, 5.74) is 0. The molecule has 0 spiro atoms. The second-order valence-corrected chi connectivity index (χ2v) is 2.87. The molecule has 0 saturated heterocycles. The van der Waals surface area contributed by atoms with Gasteiger partial charge in [0.2, 0.25) is 0 Å². The Kier molecular flexibility index (Phi) is 4.92. The SMILES string of the molecule is CC/C(=N/C)N(CC)C(C)C. The summed E-state index contributed by atoms with van der Waals surface area (Å²) in [5, 5.41) is 0. The van der Waals surface area contributed by atoms with Gasteiger partial charge in [-0.3, -0.25) is 4.99 Å². The molecule has 66 valence electrons. The van der Waals surface area contributed by atoms with Crippen LogP contribution in [0.25, 0.3) is 0 Å². The Hall–Kier alpha value is -0.530. The van der Waals surface area contributed by atoms with Crippen molar-refractivity contribution in [2.45, 2.75) is 40.2 Å². The van der Waals surface area contributed by atoms with Crippen molar-refractivity contribution in [3.05, 3.63) is 0 Å². The first-order valence-corrected chi connectivity index (χ1v) is 4.39. The molecule has 0 N–H and O–H groups in total. The average molecular weight is 156 g/mol. The van der Waals surface area contributed by atoms with Crippen molar-refractivity contribution in [1.29, 1.82) is 0 Å². The fourth-order valence-corrected chi connectivity index (χ4v) is 1.34. The predicted molar refractivity (Wildman–Crippen MR) is 51.2 cm³/mol. The van der Waals surface area contributed by atoms with Crippen LogP contribution >= 0.6 is 0 Å². The van der Waals surface area contributed by atoms with Gasteiger partial charge in [-0.1, -0.05) is 6.92 Å². The molecule has 0 atom stereocenters. The van der Waals surface area contributed by atoms with Crippen molar-refractivity contribution >= 4 is 5.84 Å². The summed E-state index contributed by atoms with van der Waals surface area (Å²) in [6, 6.07) is 0.568. The Balaban J connectivity index is 4.22. The minimum absolute atomic E-state index is 0.568. The van der Waals surface area contributed by atoms with Crippen LogP contribution in [0.1, 0.15) is 34.1 Å². The molecule has 0 unspecified atom stereocenters. The van der Waals surface area contributed by atoms with Crippen molar-refractivity contribution in [3.63, 3.8) is 0 Å². The van der Waals surface area contributed by atoms with Crippen LogP contribution in [-0.2, 0) is 0 Å². The summed E-state index contributed by atoms with van der Waals surface area (Å²) in [6.07, 6.45) is 1.03. The molecule has 0 saturated carbocycles. The molecular weight excluding hydrogens is 136 g/mol. The summed E-state index contributed by atoms with van der Waals surface area (Å²) in [5.74, 6) is 1.21. The van der Waals surface area contributed by atoms with Crippen LogP contribution in [0.3, 0.4) is 0 Å². The highest BCUT2D eigenvalue weighted by Crippen LogP contribution is 2.01. The zero-order valence-electron chi connectivity index (χ0n) is 8.39. The quantitative estimate of drug-likeness (QED) is 0.451. The third kappa shape index (κ3) is 2.91. The lowest BCUT2D eigenvalue weighted by Crippen LogP contribution is -2.36. The van der Waals surface area contributed by atoms with E-state index in [9.17, 15) is 0 Å². The molecular formula is C9H20N2. The molecule has 0 aliphatic carbocycles. The lowest BCUT2D eigenvalue weighted by atomic mass is 10.3. The van der Waals surface area contributed by atoms with E-state index in [2.05, 4.69) is 37.6 Å². The van der Waals surface area contributed by atoms with E-state index in [0.717, 1.165) is 13.0 Å². The summed E-state index contributed by atoms with van der Waals surface area (Å²) in [4.78, 5) is 6.56. The number of aliphatic imine (C=N–C) groups is 1. The molecule has 0 aromatic carbocycles. The van der Waals surface area contributed by atoms with E-state index in [4.69, 9.17) is 0 Å². The van der Waals surface area contributed by atoms with Gasteiger partial charge in [0, 0.05) is 26.1 Å². The summed E-state index contributed by atoms with van der Waals surface area (Å²) < 4.78 is 0. The van der Waals surface area contributed by atoms with Gasteiger partial charge in [-0.05, 0) is 20.8 Å². The van der Waals surface area contributed by atoms with E-state index >= 15 is 0 Å². The monoisotopic (exact) mass is 156 g/mol. The van der Waals surface area contributed by atoms with Gasteiger partial charge in [0.1, 0.15) is 0 Å². The van der Waals surface area contributed by atoms with Gasteiger partial charge in [-0.25, -0.2) is 0 Å². The fourth-order valence-electron chi connectivity index (χ4n) is 1.34. The van der Waals surface area contributed by atoms with Crippen molar-refractivity contribution in [2.75, 3.05) is 13.6 Å². The van der Waals surface area contributed by atoms with Crippen molar-refractivity contribution in [3.8, 4) is 0 Å². The van der Waals surface area contributed by atoms with E-state index in [0.29, 0.717) is 6.04 Å². The highest BCUT2D eigenvalue weighted by Gasteiger charge is 2.09. The molecule has 0 radical (unpaired) electrons. The maximum atomic E-state index is 4.24. The molecule has 0 aromatic rings. The summed E-state index contributed by atoms with van der Waals surface area (Å²) >= 11 is 0. The number of nitrogens with zero attached hydrogens (tertiary/aromatic N) is 2. The first-order valence-electron chi connectivity index (χ1n) is 4.39. The lowest BCUT2D eigenvalue weighted by Gasteiger charge is -2.27. The molecule has 0 heterocycles. The summed E-state index contributed by atoms with van der Waals surface area (Å²) in [7, 11) is 1.86. The number of hydrogen-bond acceptors (Lipinski definition) is 1. The minimum Gasteiger partial charge on any atom is -0.358 e. The second kappa shape index (κ2) is 5.16. The van der Waals surface area contributed by atoms with Gasteiger partial charge < -0.3 is 4.90 Å². The second-order valence-electron chi connectivity index (χ2n) is 2.87. The van der Waals surface area contributed by atoms with Crippen LogP contribution in [0.4, 0.5) is 0 Å². The van der Waals surface area contributed by atoms with Gasteiger partial charge in [-0.2, -0.15) is 0 Å². The molecule has 2 heteroatoms. The highest BCUT2D eigenvalue weighted by molar-refractivity contribution is 5.82. The Labute approximate surface area is 70.3 Å². The van der Waals surface area contributed by atoms with Gasteiger partial charge >= 0.3 is 0 Å². The van der Waals surface area contributed by atoms with Crippen LogP contribution in [0.2, 0.25) is 0 Å². The van der Waals surface area contributed by atoms with Crippen molar-refractivity contribution in [2.24, 2.45) is 4.99 Å². The van der Waals surface area contributed by atoms with Gasteiger partial charge in [-0.15, -0.1) is 0 Å². The number of amidine groups is 1. The van der Waals surface area contributed by atoms with Gasteiger partial charge in [0.15, 0.2) is 0 Å². The number of rotatable bonds is 3. The zero-order valence-corrected chi connectivity index (χ0v) is 8.39. The topological polar surface area (TPSA) is 15.6 Å². The highest BCUT2D eigenvalue weighted by atomic mass is 15.2. The molecule has 0 rings (SSSR count). The van der Waals surface area contributed by atoms with Crippen molar-refractivity contribution < 1.29 is 0 Å². The molecule has 0 fully saturated rings. The molecule has 11 heavy (non-hydrogen) atoms. The largest absolute Gasteiger partial charge is 0.358 e. The van der Waals surface area contributed by atoms with E-state index in [-0.39, 0.29) is 0 Å². The molecule has 2 nitrogen and oxygen atoms in total. The number of hydrogen-bond donors (Lipinski definition) is 0. The van der Waals surface area contributed by atoms with E-state index < -0.39 is 0 Å². The zero-order chi connectivity index (χ0) is 8.85. The van der Waals surface area contributed by atoms with Crippen molar-refractivity contribution in [1.82, 2.24) is 4.90 Å². The third-order valence-electron chi connectivity index (χ3n) is 1.87. The Morgan fingerprint density at radius 3 is 2.00 bits per heavy atom. The van der Waals surface area contributed by atoms with E-state index in [1.54, 1.807) is 0 Å². The van der Waals surface area contributed by atoms with Crippen LogP contribution in [0.5, 0.6) is 0 Å². The Bertz CT molecular complexity index is 128. The average Bonchev–Trinajstić information content (AvgIpc) is 1.99. The maximum absolute atomic E-state index is 4.24. The Morgan fingerprint density at radius 2 is 1.91 bits per heavy atom. The summed E-state index contributed by atoms with van der Waals surface area (Å²) in [6.45, 7) is 9.76. The Morgan fingerprint density at radius 1 is 1.36 bits per heavy atom. The van der Waals surface area contributed by atoms with E-state index in [1.165, 1.54) is 5.84 Å². The van der Waals surface area contributed by atoms with Gasteiger partial charge in [0.25, 0.3) is 0 Å². The smallest absolute Gasteiger partial charge is 0.0984 e. The van der Waals surface area contributed by atoms with Crippen LogP contribution in [0, 0.1) is 0 Å². The van der Waals surface area contributed by atoms with Crippen LogP contribution < -0.4 is 0 Å². The van der Waals surface area contributed by atoms with Crippen LogP contribution in [0.15, 0.2) is 4.99 Å². The first kappa shape index (κ1) is 10.5. The molecule has 0 aromatic heterocycles. The normalized spacial score (nSPS) is 12.4. The minimum atomic E-state index is 0.568. The molecule has 0 amide bonds. The predicted octanol–water partition coefficient (Wildman–Crippen LogP) is 2.16. The maximum Gasteiger partial charge on any atom is 0.0984 e. The van der Waals surface area contributed by atoms with Gasteiger partial charge in [0.05, 0.1) is 5.84 Å².